The lowest BCUT2D eigenvalue weighted by Gasteiger charge is -2.20. The van der Waals surface area contributed by atoms with Gasteiger partial charge in [-0.25, -0.2) is 8.42 Å². The molecular weight excluding hydrogens is 424 g/mol. The molecule has 30 heavy (non-hydrogen) atoms. The minimum Gasteiger partial charge on any atom is -0.497 e. The van der Waals surface area contributed by atoms with E-state index in [9.17, 15) is 13.2 Å². The van der Waals surface area contributed by atoms with Gasteiger partial charge in [0.15, 0.2) is 0 Å². The molecule has 0 unspecified atom stereocenters. The van der Waals surface area contributed by atoms with Crippen molar-refractivity contribution in [1.29, 1.82) is 0 Å². The summed E-state index contributed by atoms with van der Waals surface area (Å²) in [5.74, 6) is 0.262. The van der Waals surface area contributed by atoms with Crippen LogP contribution in [0.25, 0.3) is 0 Å². The van der Waals surface area contributed by atoms with E-state index in [1.807, 2.05) is 12.1 Å². The third-order valence-electron chi connectivity index (χ3n) is 4.56. The van der Waals surface area contributed by atoms with Crippen LogP contribution in [0, 0.1) is 0 Å². The normalized spacial score (nSPS) is 11.0. The van der Waals surface area contributed by atoms with Crippen molar-refractivity contribution in [3.8, 4) is 5.75 Å². The first kappa shape index (κ1) is 21.7. The molecule has 0 fully saturated rings. The molecule has 0 spiro atoms. The van der Waals surface area contributed by atoms with E-state index in [1.165, 1.54) is 19.2 Å². The molecular formula is C22H21ClN2O4S. The zero-order valence-electron chi connectivity index (χ0n) is 16.5. The number of hydrogen-bond donors (Lipinski definition) is 1. The summed E-state index contributed by atoms with van der Waals surface area (Å²) < 4.78 is 32.3. The number of rotatable bonds is 7. The van der Waals surface area contributed by atoms with Gasteiger partial charge < -0.3 is 10.1 Å². The molecule has 0 aliphatic carbocycles. The maximum atomic E-state index is 13.0. The van der Waals surface area contributed by atoms with E-state index in [4.69, 9.17) is 16.3 Å². The van der Waals surface area contributed by atoms with Crippen molar-refractivity contribution in [3.63, 3.8) is 0 Å². The van der Waals surface area contributed by atoms with Crippen LogP contribution >= 0.6 is 11.6 Å². The van der Waals surface area contributed by atoms with Gasteiger partial charge in [0.1, 0.15) is 5.75 Å². The molecule has 8 heteroatoms. The minimum atomic E-state index is -3.84. The minimum absolute atomic E-state index is 0.0277. The molecule has 0 aliphatic rings. The van der Waals surface area contributed by atoms with Gasteiger partial charge in [-0.1, -0.05) is 29.8 Å². The van der Waals surface area contributed by atoms with Crippen molar-refractivity contribution in [1.82, 2.24) is 5.32 Å². The number of amides is 1. The first-order chi connectivity index (χ1) is 14.3. The van der Waals surface area contributed by atoms with E-state index in [0.717, 1.165) is 9.87 Å². The Bertz CT molecular complexity index is 1130. The lowest BCUT2D eigenvalue weighted by atomic mass is 10.2. The molecule has 3 rings (SSSR count). The number of sulfonamides is 1. The Kier molecular flexibility index (Phi) is 6.64. The number of carbonyl (C=O) groups is 1. The van der Waals surface area contributed by atoms with Gasteiger partial charge in [0, 0.05) is 24.2 Å². The number of nitrogens with one attached hydrogen (secondary N) is 1. The first-order valence-corrected chi connectivity index (χ1v) is 10.9. The topological polar surface area (TPSA) is 75.7 Å². The monoisotopic (exact) mass is 444 g/mol. The summed E-state index contributed by atoms with van der Waals surface area (Å²) in [5, 5.41) is 3.40. The maximum Gasteiger partial charge on any atom is 0.264 e. The van der Waals surface area contributed by atoms with Crippen LogP contribution in [0.4, 0.5) is 5.69 Å². The van der Waals surface area contributed by atoms with Gasteiger partial charge in [-0.2, -0.15) is 0 Å². The molecule has 0 atom stereocenters. The van der Waals surface area contributed by atoms with Crippen molar-refractivity contribution in [2.45, 2.75) is 11.4 Å². The second-order valence-electron chi connectivity index (χ2n) is 6.51. The van der Waals surface area contributed by atoms with Gasteiger partial charge in [0.25, 0.3) is 15.9 Å². The number of hydrogen-bond acceptors (Lipinski definition) is 4. The van der Waals surface area contributed by atoms with E-state index >= 15 is 0 Å². The van der Waals surface area contributed by atoms with Crippen LogP contribution in [0.1, 0.15) is 15.9 Å². The van der Waals surface area contributed by atoms with Crippen LogP contribution in [0.3, 0.4) is 0 Å². The van der Waals surface area contributed by atoms with Gasteiger partial charge in [-0.3, -0.25) is 9.10 Å². The van der Waals surface area contributed by atoms with Crippen LogP contribution < -0.4 is 14.4 Å². The summed E-state index contributed by atoms with van der Waals surface area (Å²) in [4.78, 5) is 12.5. The molecule has 0 aromatic heterocycles. The average molecular weight is 445 g/mol. The molecule has 156 valence electrons. The Labute approximate surface area is 181 Å². The molecule has 0 aliphatic heterocycles. The third-order valence-corrected chi connectivity index (χ3v) is 6.59. The van der Waals surface area contributed by atoms with Crippen LogP contribution in [0.15, 0.2) is 77.7 Å². The number of benzene rings is 3. The van der Waals surface area contributed by atoms with E-state index < -0.39 is 10.0 Å². The largest absolute Gasteiger partial charge is 0.497 e. The quantitative estimate of drug-likeness (QED) is 0.595. The van der Waals surface area contributed by atoms with Gasteiger partial charge in [-0.05, 0) is 60.2 Å². The summed E-state index contributed by atoms with van der Waals surface area (Å²) >= 11 is 5.86. The Balaban J connectivity index is 1.77. The van der Waals surface area contributed by atoms with Crippen LogP contribution in [-0.2, 0) is 16.6 Å². The SMILES string of the molecule is COc1ccc(N(C)S(=O)(=O)c2cccc(C(=O)NCc3ccc(Cl)cc3)c2)cc1. The fourth-order valence-electron chi connectivity index (χ4n) is 2.77. The van der Waals surface area contributed by atoms with Gasteiger partial charge in [-0.15, -0.1) is 0 Å². The Morgan fingerprint density at radius 2 is 1.70 bits per heavy atom. The highest BCUT2D eigenvalue weighted by Gasteiger charge is 2.22. The van der Waals surface area contributed by atoms with Crippen LogP contribution in [0.2, 0.25) is 5.02 Å². The van der Waals surface area contributed by atoms with E-state index in [0.29, 0.717) is 23.0 Å². The lowest BCUT2D eigenvalue weighted by molar-refractivity contribution is 0.0950. The summed E-state index contributed by atoms with van der Waals surface area (Å²) in [7, 11) is -0.838. The van der Waals surface area contributed by atoms with Gasteiger partial charge in [0.2, 0.25) is 0 Å². The fourth-order valence-corrected chi connectivity index (χ4v) is 4.14. The molecule has 6 nitrogen and oxygen atoms in total. The molecule has 0 radical (unpaired) electrons. The zero-order valence-corrected chi connectivity index (χ0v) is 18.1. The number of methoxy groups -OCH3 is 1. The van der Waals surface area contributed by atoms with Gasteiger partial charge in [0.05, 0.1) is 17.7 Å². The highest BCUT2D eigenvalue weighted by atomic mass is 35.5. The summed E-state index contributed by atoms with van der Waals surface area (Å²) in [6, 6.07) is 19.7. The van der Waals surface area contributed by atoms with Crippen molar-refractivity contribution in [2.24, 2.45) is 0 Å². The number of anilines is 1. The van der Waals surface area contributed by atoms with Crippen molar-refractivity contribution in [3.05, 3.63) is 88.9 Å². The standard InChI is InChI=1S/C22H21ClN2O4S/c1-25(19-10-12-20(29-2)13-11-19)30(27,28)21-5-3-4-17(14-21)22(26)24-15-16-6-8-18(23)9-7-16/h3-14H,15H2,1-2H3,(H,24,26). The van der Waals surface area contributed by atoms with Crippen LogP contribution in [0.5, 0.6) is 5.75 Å². The molecule has 0 saturated carbocycles. The van der Waals surface area contributed by atoms with E-state index in [1.54, 1.807) is 55.6 Å². The molecule has 1 amide bonds. The van der Waals surface area contributed by atoms with E-state index in [-0.39, 0.29) is 16.4 Å². The first-order valence-electron chi connectivity index (χ1n) is 9.07. The summed E-state index contributed by atoms with van der Waals surface area (Å²) in [6.45, 7) is 0.304. The Morgan fingerprint density at radius 3 is 2.33 bits per heavy atom. The number of nitrogens with zero attached hydrogens (tertiary/aromatic N) is 1. The second-order valence-corrected chi connectivity index (χ2v) is 8.91. The highest BCUT2D eigenvalue weighted by Crippen LogP contribution is 2.24. The molecule has 0 saturated heterocycles. The maximum absolute atomic E-state index is 13.0. The second kappa shape index (κ2) is 9.19. The number of halogens is 1. The molecule has 0 heterocycles. The van der Waals surface area contributed by atoms with Crippen molar-refractivity contribution < 1.29 is 17.9 Å². The number of carbonyl (C=O) groups excluding carboxylic acids is 1. The number of ether oxygens (including phenoxy) is 1. The molecule has 3 aromatic rings. The Morgan fingerprint density at radius 1 is 1.03 bits per heavy atom. The predicted molar refractivity (Wildman–Crippen MR) is 118 cm³/mol. The third kappa shape index (κ3) is 4.93. The average Bonchev–Trinajstić information content (AvgIpc) is 2.78. The smallest absolute Gasteiger partial charge is 0.264 e. The Hall–Kier alpha value is -3.03. The van der Waals surface area contributed by atoms with Gasteiger partial charge >= 0.3 is 0 Å². The highest BCUT2D eigenvalue weighted by molar-refractivity contribution is 7.92. The van der Waals surface area contributed by atoms with Crippen molar-refractivity contribution >= 4 is 33.2 Å². The van der Waals surface area contributed by atoms with Crippen molar-refractivity contribution in [2.75, 3.05) is 18.5 Å². The zero-order chi connectivity index (χ0) is 21.7. The van der Waals surface area contributed by atoms with E-state index in [2.05, 4.69) is 5.32 Å². The molecule has 3 aromatic carbocycles. The lowest BCUT2D eigenvalue weighted by Crippen LogP contribution is -2.27. The molecule has 1 N–H and O–H groups in total. The molecule has 0 bridgehead atoms. The summed E-state index contributed by atoms with van der Waals surface area (Å²) in [5.41, 5.74) is 1.62. The summed E-state index contributed by atoms with van der Waals surface area (Å²) in [6.07, 6.45) is 0. The fraction of sp³-hybridized carbons (Fsp3) is 0.136. The van der Waals surface area contributed by atoms with Crippen LogP contribution in [-0.4, -0.2) is 28.5 Å². The predicted octanol–water partition coefficient (Wildman–Crippen LogP) is 4.10.